The van der Waals surface area contributed by atoms with Crippen molar-refractivity contribution < 1.29 is 15.0 Å². The van der Waals surface area contributed by atoms with Gasteiger partial charge in [-0.1, -0.05) is 43.5 Å². The number of aliphatic hydroxyl groups is 1. The summed E-state index contributed by atoms with van der Waals surface area (Å²) in [6.45, 7) is 2.17. The average molecular weight is 293 g/mol. The fourth-order valence-electron chi connectivity index (χ4n) is 1.13. The Morgan fingerprint density at radius 3 is 2.17 bits per heavy atom. The van der Waals surface area contributed by atoms with E-state index in [0.29, 0.717) is 10.6 Å². The first-order chi connectivity index (χ1) is 8.52. The van der Waals surface area contributed by atoms with E-state index in [1.165, 1.54) is 43.5 Å². The normalized spacial score (nSPS) is 11.3. The zero-order valence-electron chi connectivity index (χ0n) is 10.3. The number of aliphatic hydroxyl groups excluding tert-OH is 1. The topological polar surface area (TPSA) is 57.5 Å². The van der Waals surface area contributed by atoms with E-state index < -0.39 is 12.1 Å². The maximum Gasteiger partial charge on any atom is 0.337 e. The second kappa shape index (κ2) is 10.2. The standard InChI is InChI=1S/C8H7ClO3.C5H11Cl/c9-6-3-1-5(2-4-6)7(10)8(11)12;1-2-3-4-5-6/h1-4,7,10H,(H,11,12);2-5H2,1H3. The van der Waals surface area contributed by atoms with Crippen LogP contribution in [0.2, 0.25) is 5.02 Å². The molecule has 1 atom stereocenters. The molecule has 1 unspecified atom stereocenters. The van der Waals surface area contributed by atoms with Crippen LogP contribution in [0, 0.1) is 0 Å². The molecule has 0 saturated carbocycles. The molecule has 0 aliphatic carbocycles. The van der Waals surface area contributed by atoms with Crippen molar-refractivity contribution in [1.29, 1.82) is 0 Å². The number of hydrogen-bond donors (Lipinski definition) is 2. The molecule has 0 aliphatic heterocycles. The highest BCUT2D eigenvalue weighted by molar-refractivity contribution is 6.30. The number of carbonyl (C=O) groups is 1. The molecular weight excluding hydrogens is 275 g/mol. The summed E-state index contributed by atoms with van der Waals surface area (Å²) >= 11 is 10.9. The Kier molecular flexibility index (Phi) is 9.74. The van der Waals surface area contributed by atoms with Gasteiger partial charge in [-0.05, 0) is 24.1 Å². The van der Waals surface area contributed by atoms with Crippen LogP contribution < -0.4 is 0 Å². The molecule has 3 nitrogen and oxygen atoms in total. The number of hydrogen-bond acceptors (Lipinski definition) is 2. The van der Waals surface area contributed by atoms with Crippen molar-refractivity contribution in [1.82, 2.24) is 0 Å². The van der Waals surface area contributed by atoms with Crippen LogP contribution in [0.15, 0.2) is 24.3 Å². The number of aliphatic carboxylic acids is 1. The summed E-state index contributed by atoms with van der Waals surface area (Å²) in [6, 6.07) is 6.01. The second-order valence-electron chi connectivity index (χ2n) is 3.69. The van der Waals surface area contributed by atoms with Gasteiger partial charge in [0.15, 0.2) is 6.10 Å². The molecule has 0 fully saturated rings. The number of unbranched alkanes of at least 4 members (excludes halogenated alkanes) is 2. The van der Waals surface area contributed by atoms with Crippen molar-refractivity contribution in [3.63, 3.8) is 0 Å². The third-order valence-electron chi connectivity index (χ3n) is 2.16. The molecule has 0 heterocycles. The summed E-state index contributed by atoms with van der Waals surface area (Å²) in [5.41, 5.74) is 0.326. The van der Waals surface area contributed by atoms with Gasteiger partial charge in [0.1, 0.15) is 0 Å². The van der Waals surface area contributed by atoms with E-state index in [1.807, 2.05) is 0 Å². The zero-order chi connectivity index (χ0) is 14.0. The second-order valence-corrected chi connectivity index (χ2v) is 4.50. The molecule has 0 saturated heterocycles. The lowest BCUT2D eigenvalue weighted by molar-refractivity contribution is -0.146. The fourth-order valence-corrected chi connectivity index (χ4v) is 1.45. The van der Waals surface area contributed by atoms with Crippen molar-refractivity contribution in [2.24, 2.45) is 0 Å². The van der Waals surface area contributed by atoms with Gasteiger partial charge >= 0.3 is 5.97 Å². The van der Waals surface area contributed by atoms with E-state index in [0.717, 1.165) is 5.88 Å². The van der Waals surface area contributed by atoms with Gasteiger partial charge in [-0.3, -0.25) is 0 Å². The van der Waals surface area contributed by atoms with Crippen molar-refractivity contribution in [3.05, 3.63) is 34.9 Å². The largest absolute Gasteiger partial charge is 0.479 e. The monoisotopic (exact) mass is 292 g/mol. The van der Waals surface area contributed by atoms with E-state index in [9.17, 15) is 4.79 Å². The van der Waals surface area contributed by atoms with Gasteiger partial charge in [0.25, 0.3) is 0 Å². The molecule has 2 N–H and O–H groups in total. The molecule has 0 aromatic heterocycles. The van der Waals surface area contributed by atoms with Gasteiger partial charge in [-0.25, -0.2) is 4.79 Å². The van der Waals surface area contributed by atoms with E-state index in [4.69, 9.17) is 33.4 Å². The number of halogens is 2. The molecule has 0 bridgehead atoms. The summed E-state index contributed by atoms with van der Waals surface area (Å²) in [6.07, 6.45) is 2.26. The number of carboxylic acid groups (broad SMARTS) is 1. The van der Waals surface area contributed by atoms with Crippen molar-refractivity contribution in [2.75, 3.05) is 5.88 Å². The van der Waals surface area contributed by atoms with Crippen molar-refractivity contribution in [2.45, 2.75) is 32.3 Å². The third-order valence-corrected chi connectivity index (χ3v) is 2.68. The third kappa shape index (κ3) is 7.54. The summed E-state index contributed by atoms with van der Waals surface area (Å²) in [4.78, 5) is 10.3. The predicted octanol–water partition coefficient (Wildman–Crippen LogP) is 3.87. The number of alkyl halides is 1. The fraction of sp³-hybridized carbons (Fsp3) is 0.462. The van der Waals surface area contributed by atoms with Gasteiger partial charge in [0.05, 0.1) is 0 Å². The molecule has 102 valence electrons. The number of carboxylic acids is 1. The van der Waals surface area contributed by atoms with Gasteiger partial charge in [0, 0.05) is 10.9 Å². The minimum atomic E-state index is -1.47. The molecule has 1 aromatic carbocycles. The summed E-state index contributed by atoms with van der Waals surface area (Å²) in [5.74, 6) is -0.439. The van der Waals surface area contributed by atoms with Crippen molar-refractivity contribution >= 4 is 29.2 Å². The Hall–Kier alpha value is -0.770. The Labute approximate surface area is 117 Å². The smallest absolute Gasteiger partial charge is 0.337 e. The highest BCUT2D eigenvalue weighted by Crippen LogP contribution is 2.16. The highest BCUT2D eigenvalue weighted by atomic mass is 35.5. The summed E-state index contributed by atoms with van der Waals surface area (Å²) in [5, 5.41) is 18.0. The molecule has 0 amide bonds. The van der Waals surface area contributed by atoms with E-state index in [1.54, 1.807) is 0 Å². The molecule has 0 radical (unpaired) electrons. The van der Waals surface area contributed by atoms with Crippen LogP contribution in [0.4, 0.5) is 0 Å². The van der Waals surface area contributed by atoms with Gasteiger partial charge in [-0.15, -0.1) is 11.6 Å². The Morgan fingerprint density at radius 2 is 1.83 bits per heavy atom. The van der Waals surface area contributed by atoms with Crippen molar-refractivity contribution in [3.8, 4) is 0 Å². The van der Waals surface area contributed by atoms with Crippen LogP contribution in [-0.4, -0.2) is 22.1 Å². The minimum absolute atomic E-state index is 0.326. The maximum atomic E-state index is 10.3. The first-order valence-corrected chi connectivity index (χ1v) is 6.66. The Balaban J connectivity index is 0.000000411. The van der Waals surface area contributed by atoms with E-state index in [2.05, 4.69) is 6.92 Å². The Morgan fingerprint density at radius 1 is 1.28 bits per heavy atom. The van der Waals surface area contributed by atoms with Crippen LogP contribution in [0.3, 0.4) is 0 Å². The van der Waals surface area contributed by atoms with Crippen LogP contribution in [-0.2, 0) is 4.79 Å². The first-order valence-electron chi connectivity index (χ1n) is 5.75. The molecule has 18 heavy (non-hydrogen) atoms. The predicted molar refractivity (Wildman–Crippen MR) is 74.3 cm³/mol. The highest BCUT2D eigenvalue weighted by Gasteiger charge is 2.14. The summed E-state index contributed by atoms with van der Waals surface area (Å²) in [7, 11) is 0. The SMILES string of the molecule is CCCCCCl.O=C(O)C(O)c1ccc(Cl)cc1. The van der Waals surface area contributed by atoms with E-state index >= 15 is 0 Å². The molecule has 0 aliphatic rings. The summed E-state index contributed by atoms with van der Waals surface area (Å²) < 4.78 is 0. The quantitative estimate of drug-likeness (QED) is 0.640. The molecule has 0 spiro atoms. The molecule has 1 aromatic rings. The minimum Gasteiger partial charge on any atom is -0.479 e. The number of rotatable bonds is 5. The number of benzene rings is 1. The molecule has 5 heteroatoms. The Bertz CT molecular complexity index is 335. The van der Waals surface area contributed by atoms with Gasteiger partial charge < -0.3 is 10.2 Å². The average Bonchev–Trinajstić information content (AvgIpc) is 2.37. The first kappa shape index (κ1) is 17.2. The molecule has 1 rings (SSSR count). The lowest BCUT2D eigenvalue weighted by Crippen LogP contribution is -2.09. The van der Waals surface area contributed by atoms with Crippen LogP contribution in [0.5, 0.6) is 0 Å². The zero-order valence-corrected chi connectivity index (χ0v) is 11.8. The maximum absolute atomic E-state index is 10.3. The van der Waals surface area contributed by atoms with Crippen LogP contribution >= 0.6 is 23.2 Å². The lowest BCUT2D eigenvalue weighted by atomic mass is 10.1. The van der Waals surface area contributed by atoms with Crippen LogP contribution in [0.1, 0.15) is 37.9 Å². The van der Waals surface area contributed by atoms with E-state index in [-0.39, 0.29) is 0 Å². The van der Waals surface area contributed by atoms with Crippen LogP contribution in [0.25, 0.3) is 0 Å². The van der Waals surface area contributed by atoms with Gasteiger partial charge in [0.2, 0.25) is 0 Å². The van der Waals surface area contributed by atoms with Gasteiger partial charge in [-0.2, -0.15) is 0 Å². The molecular formula is C13H18Cl2O3. The lowest BCUT2D eigenvalue weighted by Gasteiger charge is -2.04.